The lowest BCUT2D eigenvalue weighted by atomic mass is 9.93. The van der Waals surface area contributed by atoms with E-state index in [0.29, 0.717) is 5.56 Å². The summed E-state index contributed by atoms with van der Waals surface area (Å²) in [5.74, 6) is 0. The summed E-state index contributed by atoms with van der Waals surface area (Å²) in [6.45, 7) is 8.66. The monoisotopic (exact) mass is 704 g/mol. The number of nitrogens with zero attached hydrogens (tertiary/aromatic N) is 4. The second-order valence-electron chi connectivity index (χ2n) is 14.1. The zero-order valence-corrected chi connectivity index (χ0v) is 31.1. The molecule has 0 aliphatic carbocycles. The van der Waals surface area contributed by atoms with E-state index in [2.05, 4.69) is 166 Å². The fourth-order valence-electron chi connectivity index (χ4n) is 8.09. The highest BCUT2D eigenvalue weighted by Crippen LogP contribution is 2.41. The molecule has 4 heteroatoms. The lowest BCUT2D eigenvalue weighted by Crippen LogP contribution is -2.10. The van der Waals surface area contributed by atoms with Gasteiger partial charge in [0.05, 0.1) is 5.57 Å². The molecule has 8 aromatic carbocycles. The predicted octanol–water partition coefficient (Wildman–Crippen LogP) is 13.5. The molecule has 0 bridgehead atoms. The molecule has 0 atom stereocenters. The summed E-state index contributed by atoms with van der Waals surface area (Å²) < 4.78 is 0. The number of fused-ring (bicyclic) bond motifs is 5. The molecule has 0 heterocycles. The Bertz CT molecular complexity index is 2830. The van der Waals surface area contributed by atoms with E-state index in [1.54, 1.807) is 6.07 Å². The summed E-state index contributed by atoms with van der Waals surface area (Å²) in [4.78, 5) is 2.32. The molecule has 55 heavy (non-hydrogen) atoms. The smallest absolute Gasteiger partial charge is 0.148 e. The third-order valence-electron chi connectivity index (χ3n) is 10.7. The highest BCUT2D eigenvalue weighted by Gasteiger charge is 2.17. The van der Waals surface area contributed by atoms with Crippen molar-refractivity contribution in [3.05, 3.63) is 179 Å². The van der Waals surface area contributed by atoms with E-state index >= 15 is 0 Å². The van der Waals surface area contributed by atoms with Crippen LogP contribution in [0.15, 0.2) is 151 Å². The number of rotatable bonds is 6. The van der Waals surface area contributed by atoms with Gasteiger partial charge in [0.1, 0.15) is 23.8 Å². The molecule has 0 spiro atoms. The fraction of sp³-hybridized carbons (Fsp3) is 0.0784. The first-order valence-electron chi connectivity index (χ1n) is 18.3. The Hall–Kier alpha value is -7.45. The summed E-state index contributed by atoms with van der Waals surface area (Å²) in [6.07, 6.45) is 0. The molecule has 8 aromatic rings. The van der Waals surface area contributed by atoms with Crippen LogP contribution in [0.5, 0.6) is 0 Å². The van der Waals surface area contributed by atoms with Crippen molar-refractivity contribution in [2.75, 3.05) is 4.90 Å². The predicted molar refractivity (Wildman–Crippen MR) is 227 cm³/mol. The van der Waals surface area contributed by atoms with Gasteiger partial charge in [0.15, 0.2) is 0 Å². The SMILES string of the molecule is Cc1cccc(C)c1-c1ccc(N(c2ccc(-c3c(C)cccc3C)cc2)c2ccc3ccc4c5cc(C(C#N)=C(C#N)C#N)ccc5ccc4c3c2)cc1. The minimum Gasteiger partial charge on any atom is -0.310 e. The van der Waals surface area contributed by atoms with Crippen molar-refractivity contribution in [2.24, 2.45) is 0 Å². The molecule has 0 aliphatic rings. The van der Waals surface area contributed by atoms with Gasteiger partial charge in [-0.1, -0.05) is 103 Å². The van der Waals surface area contributed by atoms with Gasteiger partial charge in [-0.05, 0) is 153 Å². The summed E-state index contributed by atoms with van der Waals surface area (Å²) in [6, 6.07) is 57.2. The zero-order valence-electron chi connectivity index (χ0n) is 31.1. The van der Waals surface area contributed by atoms with Crippen LogP contribution in [-0.2, 0) is 0 Å². The number of benzene rings is 8. The standard InChI is InChI=1S/C51H36N4/c1-32-7-5-8-33(2)50(32)38-14-20-42(21-15-38)55(43-22-16-39(17-23-43)51-34(3)9-6-10-35(51)4)44-24-13-37-19-25-45-46(48(37)28-44)26-18-36-11-12-40(27-47(36)45)49(31-54)41(29-52)30-53/h5-28H,1-4H3. The fourth-order valence-corrected chi connectivity index (χ4v) is 8.09. The van der Waals surface area contributed by atoms with E-state index in [1.165, 1.54) is 44.5 Å². The van der Waals surface area contributed by atoms with Crippen LogP contribution in [0, 0.1) is 61.7 Å². The van der Waals surface area contributed by atoms with Crippen molar-refractivity contribution in [3.63, 3.8) is 0 Å². The van der Waals surface area contributed by atoms with Gasteiger partial charge in [0, 0.05) is 17.1 Å². The van der Waals surface area contributed by atoms with Gasteiger partial charge in [0.25, 0.3) is 0 Å². The van der Waals surface area contributed by atoms with Gasteiger partial charge < -0.3 is 4.90 Å². The molecule has 0 saturated carbocycles. The number of nitriles is 3. The van der Waals surface area contributed by atoms with Crippen LogP contribution in [0.1, 0.15) is 27.8 Å². The Morgan fingerprint density at radius 1 is 0.418 bits per heavy atom. The third-order valence-corrected chi connectivity index (χ3v) is 10.7. The molecule has 260 valence electrons. The highest BCUT2D eigenvalue weighted by molar-refractivity contribution is 6.18. The first-order valence-corrected chi connectivity index (χ1v) is 18.3. The number of hydrogen-bond donors (Lipinski definition) is 0. The average molecular weight is 705 g/mol. The first-order chi connectivity index (χ1) is 26.8. The van der Waals surface area contributed by atoms with E-state index in [0.717, 1.165) is 49.4 Å². The Labute approximate surface area is 321 Å². The first kappa shape index (κ1) is 34.6. The van der Waals surface area contributed by atoms with E-state index in [4.69, 9.17) is 0 Å². The van der Waals surface area contributed by atoms with Gasteiger partial charge in [-0.2, -0.15) is 15.8 Å². The molecule has 0 unspecified atom stereocenters. The highest BCUT2D eigenvalue weighted by atomic mass is 15.1. The zero-order chi connectivity index (χ0) is 38.2. The van der Waals surface area contributed by atoms with Crippen molar-refractivity contribution in [1.29, 1.82) is 15.8 Å². The second-order valence-corrected chi connectivity index (χ2v) is 14.1. The maximum absolute atomic E-state index is 9.89. The minimum atomic E-state index is -0.193. The summed E-state index contributed by atoms with van der Waals surface area (Å²) in [7, 11) is 0. The molecule has 0 aliphatic heterocycles. The van der Waals surface area contributed by atoms with Gasteiger partial charge >= 0.3 is 0 Å². The number of aryl methyl sites for hydroxylation is 4. The van der Waals surface area contributed by atoms with E-state index < -0.39 is 0 Å². The normalized spacial score (nSPS) is 10.9. The quantitative estimate of drug-likeness (QED) is 0.128. The van der Waals surface area contributed by atoms with Crippen LogP contribution in [0.3, 0.4) is 0 Å². The van der Waals surface area contributed by atoms with Crippen molar-refractivity contribution in [3.8, 4) is 40.5 Å². The maximum atomic E-state index is 9.89. The maximum Gasteiger partial charge on any atom is 0.148 e. The molecule has 0 N–H and O–H groups in total. The van der Waals surface area contributed by atoms with Gasteiger partial charge in [-0.3, -0.25) is 0 Å². The molecule has 0 saturated heterocycles. The summed E-state index contributed by atoms with van der Waals surface area (Å²) in [5, 5.41) is 35.2. The summed E-state index contributed by atoms with van der Waals surface area (Å²) in [5.41, 5.74) is 13.5. The van der Waals surface area contributed by atoms with Crippen LogP contribution in [0.2, 0.25) is 0 Å². The van der Waals surface area contributed by atoms with Gasteiger partial charge in [-0.15, -0.1) is 0 Å². The molecular weight excluding hydrogens is 669 g/mol. The molecule has 0 aromatic heterocycles. The second kappa shape index (κ2) is 14.2. The lowest BCUT2D eigenvalue weighted by molar-refractivity contribution is 1.28. The lowest BCUT2D eigenvalue weighted by Gasteiger charge is -2.27. The number of allylic oxidation sites excluding steroid dienone is 2. The van der Waals surface area contributed by atoms with E-state index in [9.17, 15) is 15.8 Å². The van der Waals surface area contributed by atoms with Crippen molar-refractivity contribution >= 4 is 55.0 Å². The molecule has 8 rings (SSSR count). The van der Waals surface area contributed by atoms with Crippen LogP contribution in [-0.4, -0.2) is 0 Å². The van der Waals surface area contributed by atoms with Crippen molar-refractivity contribution in [2.45, 2.75) is 27.7 Å². The summed E-state index contributed by atoms with van der Waals surface area (Å²) >= 11 is 0. The minimum absolute atomic E-state index is 0.0785. The van der Waals surface area contributed by atoms with Crippen LogP contribution < -0.4 is 4.90 Å². The molecule has 0 fully saturated rings. The Kier molecular flexibility index (Phi) is 8.92. The van der Waals surface area contributed by atoms with Crippen LogP contribution in [0.25, 0.3) is 60.1 Å². The molecule has 0 radical (unpaired) electrons. The largest absolute Gasteiger partial charge is 0.310 e. The van der Waals surface area contributed by atoms with Crippen molar-refractivity contribution in [1.82, 2.24) is 0 Å². The Morgan fingerprint density at radius 3 is 1.29 bits per heavy atom. The Morgan fingerprint density at radius 2 is 0.836 bits per heavy atom. The van der Waals surface area contributed by atoms with Crippen LogP contribution >= 0.6 is 0 Å². The number of hydrogen-bond acceptors (Lipinski definition) is 4. The van der Waals surface area contributed by atoms with Crippen molar-refractivity contribution < 1.29 is 0 Å². The number of anilines is 3. The third kappa shape index (κ3) is 6.15. The average Bonchev–Trinajstić information content (AvgIpc) is 3.20. The van der Waals surface area contributed by atoms with Crippen LogP contribution in [0.4, 0.5) is 17.1 Å². The Balaban J connectivity index is 1.30. The molecular formula is C51H36N4. The topological polar surface area (TPSA) is 74.6 Å². The van der Waals surface area contributed by atoms with E-state index in [1.807, 2.05) is 24.3 Å². The molecule has 4 nitrogen and oxygen atoms in total. The van der Waals surface area contributed by atoms with Gasteiger partial charge in [0.2, 0.25) is 0 Å². The van der Waals surface area contributed by atoms with Gasteiger partial charge in [-0.25, -0.2) is 0 Å². The molecule has 0 amide bonds. The van der Waals surface area contributed by atoms with E-state index in [-0.39, 0.29) is 11.1 Å².